The van der Waals surface area contributed by atoms with Gasteiger partial charge in [0.05, 0.1) is 6.07 Å². The van der Waals surface area contributed by atoms with Gasteiger partial charge in [0.1, 0.15) is 5.41 Å². The van der Waals surface area contributed by atoms with E-state index in [2.05, 4.69) is 13.0 Å². The minimum Gasteiger partial charge on any atom is -0.344 e. The van der Waals surface area contributed by atoms with Gasteiger partial charge in [0.25, 0.3) is 0 Å². The molecule has 0 bridgehead atoms. The molecule has 2 rings (SSSR count). The maximum absolute atomic E-state index is 12.2. The molecule has 16 heavy (non-hydrogen) atoms. The number of rotatable bonds is 3. The van der Waals surface area contributed by atoms with E-state index in [1.54, 1.807) is 4.90 Å². The minimum absolute atomic E-state index is 0.0556. The van der Waals surface area contributed by atoms with Crippen LogP contribution in [0.25, 0.3) is 0 Å². The van der Waals surface area contributed by atoms with Gasteiger partial charge in [-0.1, -0.05) is 13.3 Å². The molecule has 0 aromatic heterocycles. The molecule has 0 heterocycles. The summed E-state index contributed by atoms with van der Waals surface area (Å²) in [6.07, 6.45) is 5.28. The number of hydrogen-bond donors (Lipinski definition) is 0. The molecule has 88 valence electrons. The molecule has 0 radical (unpaired) electrons. The molecular weight excluding hydrogens is 200 g/mol. The lowest BCUT2D eigenvalue weighted by molar-refractivity contribution is -0.144. The van der Waals surface area contributed by atoms with Gasteiger partial charge in [-0.2, -0.15) is 5.26 Å². The molecule has 2 aliphatic carbocycles. The van der Waals surface area contributed by atoms with E-state index in [9.17, 15) is 10.1 Å². The maximum atomic E-state index is 12.2. The van der Waals surface area contributed by atoms with Crippen molar-refractivity contribution in [2.24, 2.45) is 17.3 Å². The van der Waals surface area contributed by atoms with Crippen LogP contribution in [-0.4, -0.2) is 24.4 Å². The summed E-state index contributed by atoms with van der Waals surface area (Å²) in [5, 5.41) is 9.18. The number of carbonyl (C=O) groups is 1. The van der Waals surface area contributed by atoms with E-state index in [0.717, 1.165) is 19.4 Å². The van der Waals surface area contributed by atoms with E-state index in [0.29, 0.717) is 11.8 Å². The lowest BCUT2D eigenvalue weighted by Gasteiger charge is -2.42. The van der Waals surface area contributed by atoms with Crippen LogP contribution in [0.15, 0.2) is 0 Å². The topological polar surface area (TPSA) is 44.1 Å². The second-order valence-electron chi connectivity index (χ2n) is 5.69. The molecule has 0 saturated heterocycles. The number of amides is 1. The van der Waals surface area contributed by atoms with Crippen LogP contribution in [0.3, 0.4) is 0 Å². The highest BCUT2D eigenvalue weighted by Gasteiger charge is 2.50. The van der Waals surface area contributed by atoms with E-state index in [-0.39, 0.29) is 5.91 Å². The van der Waals surface area contributed by atoms with Crippen molar-refractivity contribution in [3.63, 3.8) is 0 Å². The number of nitrogens with zero attached hydrogens (tertiary/aromatic N) is 2. The van der Waals surface area contributed by atoms with Gasteiger partial charge >= 0.3 is 0 Å². The van der Waals surface area contributed by atoms with E-state index in [4.69, 9.17) is 0 Å². The first-order valence-electron chi connectivity index (χ1n) is 6.24. The quantitative estimate of drug-likeness (QED) is 0.731. The number of nitriles is 1. The van der Waals surface area contributed by atoms with Crippen LogP contribution < -0.4 is 0 Å². The van der Waals surface area contributed by atoms with Crippen LogP contribution in [0.4, 0.5) is 0 Å². The van der Waals surface area contributed by atoms with Crippen molar-refractivity contribution in [3.05, 3.63) is 0 Å². The average Bonchev–Trinajstić information content (AvgIpc) is 2.17. The van der Waals surface area contributed by atoms with Crippen LogP contribution in [0.2, 0.25) is 0 Å². The Labute approximate surface area is 97.4 Å². The van der Waals surface area contributed by atoms with Gasteiger partial charge in [-0.25, -0.2) is 0 Å². The molecule has 2 fully saturated rings. The Morgan fingerprint density at radius 2 is 2.12 bits per heavy atom. The largest absolute Gasteiger partial charge is 0.344 e. The number of carbonyl (C=O) groups excluding carboxylic acids is 1. The second kappa shape index (κ2) is 4.08. The van der Waals surface area contributed by atoms with Crippen molar-refractivity contribution in [3.8, 4) is 6.07 Å². The van der Waals surface area contributed by atoms with Crippen molar-refractivity contribution in [2.45, 2.75) is 39.0 Å². The maximum Gasteiger partial charge on any atom is 0.242 e. The highest BCUT2D eigenvalue weighted by Crippen LogP contribution is 2.46. The lowest BCUT2D eigenvalue weighted by atomic mass is 9.62. The molecule has 0 aliphatic heterocycles. The molecule has 0 aromatic rings. The van der Waals surface area contributed by atoms with E-state index < -0.39 is 5.41 Å². The molecular formula is C13H20N2O. The highest BCUT2D eigenvalue weighted by atomic mass is 16.2. The fraction of sp³-hybridized carbons (Fsp3) is 0.846. The zero-order valence-electron chi connectivity index (χ0n) is 10.2. The van der Waals surface area contributed by atoms with Crippen molar-refractivity contribution < 1.29 is 4.79 Å². The van der Waals surface area contributed by atoms with Crippen molar-refractivity contribution in [1.29, 1.82) is 5.26 Å². The molecule has 0 unspecified atom stereocenters. The molecule has 1 amide bonds. The van der Waals surface area contributed by atoms with Crippen molar-refractivity contribution in [1.82, 2.24) is 4.90 Å². The van der Waals surface area contributed by atoms with Gasteiger partial charge in [0.15, 0.2) is 0 Å². The monoisotopic (exact) mass is 220 g/mol. The smallest absolute Gasteiger partial charge is 0.242 e. The molecule has 2 aliphatic rings. The summed E-state index contributed by atoms with van der Waals surface area (Å²) in [5.74, 6) is 1.27. The Kier molecular flexibility index (Phi) is 2.92. The van der Waals surface area contributed by atoms with Crippen LogP contribution in [0.1, 0.15) is 39.0 Å². The summed E-state index contributed by atoms with van der Waals surface area (Å²) in [7, 11) is 1.85. The Bertz CT molecular complexity index is 321. The molecule has 0 aromatic carbocycles. The van der Waals surface area contributed by atoms with Crippen LogP contribution in [0, 0.1) is 28.6 Å². The highest BCUT2D eigenvalue weighted by molar-refractivity contribution is 5.86. The Morgan fingerprint density at radius 3 is 2.50 bits per heavy atom. The fourth-order valence-electron chi connectivity index (χ4n) is 2.95. The van der Waals surface area contributed by atoms with Crippen LogP contribution in [0.5, 0.6) is 0 Å². The fourth-order valence-corrected chi connectivity index (χ4v) is 2.95. The van der Waals surface area contributed by atoms with Gasteiger partial charge in [-0.05, 0) is 37.5 Å². The molecule has 0 N–H and O–H groups in total. The van der Waals surface area contributed by atoms with E-state index in [1.165, 1.54) is 19.3 Å². The van der Waals surface area contributed by atoms with E-state index >= 15 is 0 Å². The zero-order valence-corrected chi connectivity index (χ0v) is 10.2. The van der Waals surface area contributed by atoms with Crippen LogP contribution in [-0.2, 0) is 4.79 Å². The molecule has 0 atom stereocenters. The van der Waals surface area contributed by atoms with Gasteiger partial charge in [0, 0.05) is 13.6 Å². The standard InChI is InChI=1S/C13H20N2O/c1-10-6-13(7-10,9-14)12(16)15(2)8-11-4-3-5-11/h10-11H,3-8H2,1-2H3. The molecule has 2 saturated carbocycles. The Hall–Kier alpha value is -1.04. The lowest BCUT2D eigenvalue weighted by Crippen LogP contribution is -2.50. The molecule has 3 heteroatoms. The first kappa shape index (κ1) is 11.4. The Balaban J connectivity index is 1.92. The number of hydrogen-bond acceptors (Lipinski definition) is 2. The predicted molar refractivity (Wildman–Crippen MR) is 61.4 cm³/mol. The average molecular weight is 220 g/mol. The normalized spacial score (nSPS) is 33.4. The third-order valence-corrected chi connectivity index (χ3v) is 4.12. The van der Waals surface area contributed by atoms with Gasteiger partial charge in [-0.15, -0.1) is 0 Å². The molecule has 0 spiro atoms. The third kappa shape index (κ3) is 1.81. The first-order valence-corrected chi connectivity index (χ1v) is 6.24. The summed E-state index contributed by atoms with van der Waals surface area (Å²) >= 11 is 0. The van der Waals surface area contributed by atoms with Gasteiger partial charge in [-0.3, -0.25) is 4.79 Å². The summed E-state index contributed by atoms with van der Waals surface area (Å²) in [5.41, 5.74) is -0.683. The van der Waals surface area contributed by atoms with Gasteiger partial charge < -0.3 is 4.90 Å². The summed E-state index contributed by atoms with van der Waals surface area (Å²) in [6, 6.07) is 2.24. The van der Waals surface area contributed by atoms with Gasteiger partial charge in [0.2, 0.25) is 5.91 Å². The summed E-state index contributed by atoms with van der Waals surface area (Å²) in [6.45, 7) is 2.95. The Morgan fingerprint density at radius 1 is 1.50 bits per heavy atom. The second-order valence-corrected chi connectivity index (χ2v) is 5.69. The molecule has 3 nitrogen and oxygen atoms in total. The summed E-state index contributed by atoms with van der Waals surface area (Å²) in [4.78, 5) is 14.0. The van der Waals surface area contributed by atoms with E-state index in [1.807, 2.05) is 7.05 Å². The first-order chi connectivity index (χ1) is 7.57. The SMILES string of the molecule is CC1CC(C#N)(C(=O)N(C)CC2CCC2)C1. The zero-order chi connectivity index (χ0) is 11.8. The summed E-state index contributed by atoms with van der Waals surface area (Å²) < 4.78 is 0. The minimum atomic E-state index is -0.683. The van der Waals surface area contributed by atoms with Crippen LogP contribution >= 0.6 is 0 Å². The van der Waals surface area contributed by atoms with Crippen molar-refractivity contribution in [2.75, 3.05) is 13.6 Å². The third-order valence-electron chi connectivity index (χ3n) is 4.12. The van der Waals surface area contributed by atoms with Crippen molar-refractivity contribution >= 4 is 5.91 Å². The predicted octanol–water partition coefficient (Wildman–Crippen LogP) is 2.18.